The van der Waals surface area contributed by atoms with Crippen molar-refractivity contribution in [2.75, 3.05) is 0 Å². The van der Waals surface area contributed by atoms with Gasteiger partial charge in [-0.25, -0.2) is 4.57 Å². The Bertz CT molecular complexity index is 276. The summed E-state index contributed by atoms with van der Waals surface area (Å²) in [5.74, 6) is 0. The average molecular weight is 263 g/mol. The summed E-state index contributed by atoms with van der Waals surface area (Å²) in [6.07, 6.45) is 0. The molecule has 0 saturated heterocycles. The molecule has 0 amide bonds. The third kappa shape index (κ3) is 7.38. The van der Waals surface area contributed by atoms with Crippen LogP contribution in [0.3, 0.4) is 0 Å². The van der Waals surface area contributed by atoms with Gasteiger partial charge >= 0.3 is 6.80 Å². The normalized spacial score (nSPS) is 9.69. The number of halogens is 2. The van der Waals surface area contributed by atoms with Gasteiger partial charge in [-0.15, -0.1) is 24.8 Å². The quantitative estimate of drug-likeness (QED) is 0.805. The van der Waals surface area contributed by atoms with Crippen molar-refractivity contribution >= 4 is 43.0 Å². The zero-order valence-corrected chi connectivity index (χ0v) is 9.71. The SMILES string of the molecule is Cl.Cl.O=P(O)(O)Sc1ccccc1. The predicted octanol–water partition coefficient (Wildman–Crippen LogP) is 2.72. The summed E-state index contributed by atoms with van der Waals surface area (Å²) in [6.45, 7) is -3.97. The molecule has 7 heteroatoms. The van der Waals surface area contributed by atoms with Crippen LogP contribution >= 0.6 is 43.0 Å². The molecule has 13 heavy (non-hydrogen) atoms. The van der Waals surface area contributed by atoms with Crippen LogP contribution in [0, 0.1) is 0 Å². The van der Waals surface area contributed by atoms with Gasteiger partial charge in [0.15, 0.2) is 0 Å². The van der Waals surface area contributed by atoms with Gasteiger partial charge in [0.25, 0.3) is 0 Å². The fraction of sp³-hybridized carbons (Fsp3) is 0. The molecule has 1 aromatic rings. The first-order valence-electron chi connectivity index (χ1n) is 2.88. The minimum absolute atomic E-state index is 0. The van der Waals surface area contributed by atoms with Gasteiger partial charge in [-0.1, -0.05) is 18.2 Å². The third-order valence-electron chi connectivity index (χ3n) is 0.968. The van der Waals surface area contributed by atoms with Crippen LogP contribution in [-0.4, -0.2) is 9.79 Å². The molecule has 0 spiro atoms. The van der Waals surface area contributed by atoms with E-state index in [2.05, 4.69) is 0 Å². The molecule has 0 bridgehead atoms. The summed E-state index contributed by atoms with van der Waals surface area (Å²) in [6, 6.07) is 8.58. The van der Waals surface area contributed by atoms with E-state index in [4.69, 9.17) is 9.79 Å². The summed E-state index contributed by atoms with van der Waals surface area (Å²) >= 11 is 0.567. The maximum Gasteiger partial charge on any atom is 0.388 e. The highest BCUT2D eigenvalue weighted by atomic mass is 35.5. The van der Waals surface area contributed by atoms with Crippen LogP contribution in [0.25, 0.3) is 0 Å². The van der Waals surface area contributed by atoms with Crippen LogP contribution in [-0.2, 0) is 4.57 Å². The van der Waals surface area contributed by atoms with E-state index in [0.717, 1.165) is 0 Å². The van der Waals surface area contributed by atoms with Crippen molar-refractivity contribution in [3.63, 3.8) is 0 Å². The van der Waals surface area contributed by atoms with Gasteiger partial charge in [0, 0.05) is 4.90 Å². The van der Waals surface area contributed by atoms with Crippen molar-refractivity contribution in [3.05, 3.63) is 30.3 Å². The van der Waals surface area contributed by atoms with Gasteiger partial charge in [-0.05, 0) is 23.5 Å². The minimum atomic E-state index is -3.97. The zero-order valence-electron chi connectivity index (χ0n) is 6.36. The van der Waals surface area contributed by atoms with E-state index in [1.807, 2.05) is 0 Å². The highest BCUT2D eigenvalue weighted by Gasteiger charge is 2.14. The maximum atomic E-state index is 10.5. The minimum Gasteiger partial charge on any atom is -0.316 e. The molecule has 1 aromatic carbocycles. The molecular weight excluding hydrogens is 254 g/mol. The van der Waals surface area contributed by atoms with Crippen LogP contribution < -0.4 is 0 Å². The van der Waals surface area contributed by atoms with Crippen molar-refractivity contribution in [3.8, 4) is 0 Å². The molecule has 3 nitrogen and oxygen atoms in total. The molecule has 0 aliphatic carbocycles. The molecule has 0 unspecified atom stereocenters. The fourth-order valence-corrected chi connectivity index (χ4v) is 2.36. The van der Waals surface area contributed by atoms with Crippen LogP contribution in [0.5, 0.6) is 0 Å². The van der Waals surface area contributed by atoms with Gasteiger partial charge in [-0.2, -0.15) is 0 Å². The van der Waals surface area contributed by atoms with Crippen LogP contribution in [0.4, 0.5) is 0 Å². The van der Waals surface area contributed by atoms with Crippen molar-refractivity contribution < 1.29 is 14.4 Å². The van der Waals surface area contributed by atoms with Gasteiger partial charge in [-0.3, -0.25) is 0 Å². The maximum absolute atomic E-state index is 10.5. The second-order valence-corrected chi connectivity index (χ2v) is 5.50. The first-order valence-corrected chi connectivity index (χ1v) is 5.91. The van der Waals surface area contributed by atoms with Crippen molar-refractivity contribution in [2.24, 2.45) is 0 Å². The lowest BCUT2D eigenvalue weighted by Gasteiger charge is -2.00. The van der Waals surface area contributed by atoms with Gasteiger partial charge in [0.05, 0.1) is 0 Å². The summed E-state index contributed by atoms with van der Waals surface area (Å²) in [7, 11) is 0. The molecule has 0 atom stereocenters. The Balaban J connectivity index is 0. The molecule has 0 saturated carbocycles. The summed E-state index contributed by atoms with van der Waals surface area (Å²) < 4.78 is 10.5. The lowest BCUT2D eigenvalue weighted by molar-refractivity contribution is 0.397. The van der Waals surface area contributed by atoms with Crippen LogP contribution in [0.1, 0.15) is 0 Å². The number of hydrogen-bond donors (Lipinski definition) is 2. The Kier molecular flexibility index (Phi) is 8.13. The zero-order chi connectivity index (χ0) is 8.32. The second kappa shape index (κ2) is 6.71. The number of benzene rings is 1. The van der Waals surface area contributed by atoms with Gasteiger partial charge in [0.2, 0.25) is 0 Å². The molecule has 2 N–H and O–H groups in total. The van der Waals surface area contributed by atoms with E-state index in [0.29, 0.717) is 16.3 Å². The first kappa shape index (κ1) is 15.8. The van der Waals surface area contributed by atoms with E-state index >= 15 is 0 Å². The topological polar surface area (TPSA) is 57.5 Å². The highest BCUT2D eigenvalue weighted by molar-refractivity contribution is 8.54. The van der Waals surface area contributed by atoms with Crippen molar-refractivity contribution in [1.82, 2.24) is 0 Å². The smallest absolute Gasteiger partial charge is 0.316 e. The van der Waals surface area contributed by atoms with E-state index in [1.54, 1.807) is 30.3 Å². The molecule has 0 heterocycles. The standard InChI is InChI=1S/C6H7O3PS.2ClH/c7-10(8,9)11-6-4-2-1-3-5-6;;/h1-5H,(H2,7,8,9);2*1H. The third-order valence-corrected chi connectivity index (χ3v) is 3.03. The second-order valence-electron chi connectivity index (χ2n) is 1.89. The lowest BCUT2D eigenvalue weighted by atomic mass is 10.4. The van der Waals surface area contributed by atoms with Crippen LogP contribution in [0.15, 0.2) is 35.2 Å². The summed E-state index contributed by atoms with van der Waals surface area (Å²) in [4.78, 5) is 17.7. The molecule has 0 aliphatic heterocycles. The van der Waals surface area contributed by atoms with E-state index in [1.165, 1.54) is 0 Å². The molecular formula is C6H9Cl2O3PS. The lowest BCUT2D eigenvalue weighted by Crippen LogP contribution is -1.70. The molecule has 0 aliphatic rings. The molecule has 76 valence electrons. The highest BCUT2D eigenvalue weighted by Crippen LogP contribution is 2.54. The molecule has 0 radical (unpaired) electrons. The molecule has 1 rings (SSSR count). The largest absolute Gasteiger partial charge is 0.388 e. The van der Waals surface area contributed by atoms with E-state index in [9.17, 15) is 4.57 Å². The summed E-state index contributed by atoms with van der Waals surface area (Å²) in [5.41, 5.74) is 0. The Labute approximate surface area is 92.7 Å². The van der Waals surface area contributed by atoms with Crippen LogP contribution in [0.2, 0.25) is 0 Å². The molecule has 0 fully saturated rings. The Morgan fingerprint density at radius 3 is 1.92 bits per heavy atom. The first-order chi connectivity index (χ1) is 5.08. The van der Waals surface area contributed by atoms with Gasteiger partial charge < -0.3 is 9.79 Å². The Morgan fingerprint density at radius 2 is 1.54 bits per heavy atom. The van der Waals surface area contributed by atoms with E-state index in [-0.39, 0.29) is 24.8 Å². The number of rotatable bonds is 2. The average Bonchev–Trinajstić information content (AvgIpc) is 1.85. The summed E-state index contributed by atoms with van der Waals surface area (Å²) in [5, 5.41) is 0. The van der Waals surface area contributed by atoms with Crippen molar-refractivity contribution in [2.45, 2.75) is 4.90 Å². The Morgan fingerprint density at radius 1 is 1.08 bits per heavy atom. The predicted molar refractivity (Wildman–Crippen MR) is 58.8 cm³/mol. The number of hydrogen-bond acceptors (Lipinski definition) is 2. The molecule has 0 aromatic heterocycles. The Hall–Kier alpha value is 0.300. The van der Waals surface area contributed by atoms with Gasteiger partial charge in [0.1, 0.15) is 0 Å². The van der Waals surface area contributed by atoms with E-state index < -0.39 is 6.80 Å². The monoisotopic (exact) mass is 262 g/mol. The van der Waals surface area contributed by atoms with Crippen molar-refractivity contribution in [1.29, 1.82) is 0 Å². The fourth-order valence-electron chi connectivity index (χ4n) is 0.619.